The number of rotatable bonds is 3. The van der Waals surface area contributed by atoms with E-state index in [2.05, 4.69) is 15.1 Å². The van der Waals surface area contributed by atoms with Crippen LogP contribution < -0.4 is 5.73 Å². The highest BCUT2D eigenvalue weighted by Crippen LogP contribution is 2.12. The molecule has 0 bridgehead atoms. The van der Waals surface area contributed by atoms with Crippen molar-refractivity contribution in [2.45, 2.75) is 19.8 Å². The summed E-state index contributed by atoms with van der Waals surface area (Å²) in [6, 6.07) is 9.46. The van der Waals surface area contributed by atoms with Crippen LogP contribution in [0.1, 0.15) is 22.7 Å². The van der Waals surface area contributed by atoms with Gasteiger partial charge in [0.05, 0.1) is 16.7 Å². The minimum Gasteiger partial charge on any atom is -0.383 e. The van der Waals surface area contributed by atoms with Crippen LogP contribution in [0.25, 0.3) is 11.0 Å². The van der Waals surface area contributed by atoms with Crippen molar-refractivity contribution in [1.29, 1.82) is 0 Å². The van der Waals surface area contributed by atoms with Crippen molar-refractivity contribution in [3.05, 3.63) is 41.9 Å². The molecule has 20 heavy (non-hydrogen) atoms. The number of para-hydroxylation sites is 2. The summed E-state index contributed by atoms with van der Waals surface area (Å²) in [7, 11) is 0. The van der Waals surface area contributed by atoms with E-state index in [-0.39, 0.29) is 5.91 Å². The Labute approximate surface area is 115 Å². The van der Waals surface area contributed by atoms with Gasteiger partial charge in [-0.15, -0.1) is 0 Å². The molecule has 102 valence electrons. The van der Waals surface area contributed by atoms with Crippen molar-refractivity contribution < 1.29 is 4.79 Å². The molecule has 3 N–H and O–H groups in total. The third kappa shape index (κ3) is 2.27. The molecule has 3 rings (SSSR count). The number of imidazole rings is 1. The summed E-state index contributed by atoms with van der Waals surface area (Å²) >= 11 is 0. The van der Waals surface area contributed by atoms with E-state index in [9.17, 15) is 4.79 Å². The molecule has 0 aliphatic heterocycles. The van der Waals surface area contributed by atoms with E-state index in [1.807, 2.05) is 24.3 Å². The van der Waals surface area contributed by atoms with Crippen LogP contribution in [0.2, 0.25) is 0 Å². The van der Waals surface area contributed by atoms with Crippen molar-refractivity contribution in [3.8, 4) is 0 Å². The molecular formula is C14H15N5O. The van der Waals surface area contributed by atoms with Gasteiger partial charge in [-0.3, -0.25) is 4.79 Å². The number of fused-ring (bicyclic) bond motifs is 1. The second kappa shape index (κ2) is 4.80. The van der Waals surface area contributed by atoms with Crippen LogP contribution in [0.3, 0.4) is 0 Å². The summed E-state index contributed by atoms with van der Waals surface area (Å²) in [5.41, 5.74) is 8.35. The van der Waals surface area contributed by atoms with Crippen molar-refractivity contribution in [2.24, 2.45) is 0 Å². The average molecular weight is 269 g/mol. The highest BCUT2D eigenvalue weighted by atomic mass is 16.2. The first-order chi connectivity index (χ1) is 9.63. The summed E-state index contributed by atoms with van der Waals surface area (Å²) in [5.74, 6) is 1.04. The SMILES string of the molecule is Cc1cc(N)n(C(=O)CCc2nc3ccccc3[nH]2)n1. The average Bonchev–Trinajstić information content (AvgIpc) is 2.98. The van der Waals surface area contributed by atoms with Gasteiger partial charge in [0.2, 0.25) is 5.91 Å². The Morgan fingerprint density at radius 1 is 1.40 bits per heavy atom. The van der Waals surface area contributed by atoms with Gasteiger partial charge in [0.15, 0.2) is 0 Å². The minimum absolute atomic E-state index is 0.129. The van der Waals surface area contributed by atoms with Gasteiger partial charge in [-0.1, -0.05) is 12.1 Å². The maximum Gasteiger partial charge on any atom is 0.249 e. The molecular weight excluding hydrogens is 254 g/mol. The van der Waals surface area contributed by atoms with E-state index >= 15 is 0 Å². The second-order valence-electron chi connectivity index (χ2n) is 4.72. The van der Waals surface area contributed by atoms with Crippen molar-refractivity contribution in [3.63, 3.8) is 0 Å². The summed E-state index contributed by atoms with van der Waals surface area (Å²) in [6.07, 6.45) is 0.844. The zero-order valence-electron chi connectivity index (χ0n) is 11.1. The monoisotopic (exact) mass is 269 g/mol. The van der Waals surface area contributed by atoms with Crippen LogP contribution >= 0.6 is 0 Å². The minimum atomic E-state index is -0.129. The summed E-state index contributed by atoms with van der Waals surface area (Å²) in [4.78, 5) is 19.7. The van der Waals surface area contributed by atoms with Crippen LogP contribution in [0, 0.1) is 6.92 Å². The molecule has 6 heteroatoms. The number of carbonyl (C=O) groups excluding carboxylic acids is 1. The fraction of sp³-hybridized carbons (Fsp3) is 0.214. The second-order valence-corrected chi connectivity index (χ2v) is 4.72. The van der Waals surface area contributed by atoms with Crippen LogP contribution in [0.5, 0.6) is 0 Å². The van der Waals surface area contributed by atoms with Crippen molar-refractivity contribution in [2.75, 3.05) is 5.73 Å². The molecule has 3 aromatic rings. The number of benzene rings is 1. The predicted octanol–water partition coefficient (Wildman–Crippen LogP) is 1.92. The Kier molecular flexibility index (Phi) is 2.98. The number of nitrogens with two attached hydrogens (primary N) is 1. The molecule has 0 fully saturated rings. The number of hydrogen-bond acceptors (Lipinski definition) is 4. The highest BCUT2D eigenvalue weighted by Gasteiger charge is 2.12. The molecule has 0 atom stereocenters. The lowest BCUT2D eigenvalue weighted by molar-refractivity contribution is 0.0889. The van der Waals surface area contributed by atoms with Gasteiger partial charge in [0.25, 0.3) is 0 Å². The summed E-state index contributed by atoms with van der Waals surface area (Å²) < 4.78 is 1.25. The van der Waals surface area contributed by atoms with Gasteiger partial charge < -0.3 is 10.7 Å². The van der Waals surface area contributed by atoms with Gasteiger partial charge in [-0.05, 0) is 19.1 Å². The lowest BCUT2D eigenvalue weighted by atomic mass is 10.3. The number of aromatic amines is 1. The number of H-pyrrole nitrogens is 1. The molecule has 0 saturated carbocycles. The maximum atomic E-state index is 12.0. The molecule has 0 aliphatic rings. The first kappa shape index (κ1) is 12.4. The molecule has 2 aromatic heterocycles. The van der Waals surface area contributed by atoms with Crippen molar-refractivity contribution >= 4 is 22.8 Å². The number of aryl methyl sites for hydroxylation is 2. The lowest BCUT2D eigenvalue weighted by Gasteiger charge is -2.01. The quantitative estimate of drug-likeness (QED) is 0.760. The Balaban J connectivity index is 1.73. The Bertz CT molecular complexity index is 738. The molecule has 1 aromatic carbocycles. The molecule has 0 spiro atoms. The lowest BCUT2D eigenvalue weighted by Crippen LogP contribution is -2.15. The van der Waals surface area contributed by atoms with E-state index < -0.39 is 0 Å². The third-order valence-electron chi connectivity index (χ3n) is 3.11. The topological polar surface area (TPSA) is 89.6 Å². The van der Waals surface area contributed by atoms with E-state index in [1.54, 1.807) is 13.0 Å². The fourth-order valence-electron chi connectivity index (χ4n) is 2.17. The number of nitrogens with zero attached hydrogens (tertiary/aromatic N) is 3. The maximum absolute atomic E-state index is 12.0. The standard InChI is InChI=1S/C14H15N5O/c1-9-8-12(15)19(18-9)14(20)7-6-13-16-10-4-2-3-5-11(10)17-13/h2-5,8H,6-7,15H2,1H3,(H,16,17). The largest absolute Gasteiger partial charge is 0.383 e. The van der Waals surface area contributed by atoms with Crippen LogP contribution in [0.15, 0.2) is 30.3 Å². The number of carbonyl (C=O) groups is 1. The number of hydrogen-bond donors (Lipinski definition) is 2. The van der Waals surface area contributed by atoms with Crippen LogP contribution in [-0.2, 0) is 6.42 Å². The molecule has 0 amide bonds. The smallest absolute Gasteiger partial charge is 0.249 e. The molecule has 0 saturated heterocycles. The molecule has 0 radical (unpaired) electrons. The Morgan fingerprint density at radius 3 is 2.90 bits per heavy atom. The van der Waals surface area contributed by atoms with E-state index in [0.717, 1.165) is 22.6 Å². The van der Waals surface area contributed by atoms with Gasteiger partial charge in [-0.25, -0.2) is 4.98 Å². The molecule has 0 aliphatic carbocycles. The number of anilines is 1. The third-order valence-corrected chi connectivity index (χ3v) is 3.11. The predicted molar refractivity (Wildman–Crippen MR) is 76.4 cm³/mol. The van der Waals surface area contributed by atoms with Gasteiger partial charge in [0, 0.05) is 18.9 Å². The zero-order chi connectivity index (χ0) is 14.1. The zero-order valence-corrected chi connectivity index (χ0v) is 11.1. The van der Waals surface area contributed by atoms with Gasteiger partial charge in [-0.2, -0.15) is 9.78 Å². The molecule has 0 unspecified atom stereocenters. The fourth-order valence-corrected chi connectivity index (χ4v) is 2.17. The number of aromatic nitrogens is 4. The molecule has 6 nitrogen and oxygen atoms in total. The number of nitrogen functional groups attached to an aromatic ring is 1. The first-order valence-corrected chi connectivity index (χ1v) is 6.42. The van der Waals surface area contributed by atoms with Crippen LogP contribution in [0.4, 0.5) is 5.82 Å². The van der Waals surface area contributed by atoms with Gasteiger partial charge >= 0.3 is 0 Å². The normalized spacial score (nSPS) is 11.1. The van der Waals surface area contributed by atoms with Crippen molar-refractivity contribution in [1.82, 2.24) is 19.7 Å². The van der Waals surface area contributed by atoms with E-state index in [4.69, 9.17) is 5.73 Å². The highest BCUT2D eigenvalue weighted by molar-refractivity contribution is 5.81. The summed E-state index contributed by atoms with van der Waals surface area (Å²) in [6.45, 7) is 1.80. The Morgan fingerprint density at radius 2 is 2.20 bits per heavy atom. The van der Waals surface area contributed by atoms with Gasteiger partial charge in [0.1, 0.15) is 11.6 Å². The Hall–Kier alpha value is -2.63. The first-order valence-electron chi connectivity index (χ1n) is 6.42. The van der Waals surface area contributed by atoms with Crippen LogP contribution in [-0.4, -0.2) is 25.7 Å². The van der Waals surface area contributed by atoms with E-state index in [0.29, 0.717) is 18.7 Å². The molecule has 2 heterocycles. The summed E-state index contributed by atoms with van der Waals surface area (Å²) in [5, 5.41) is 4.08. The van der Waals surface area contributed by atoms with E-state index in [1.165, 1.54) is 4.68 Å². The number of nitrogens with one attached hydrogen (secondary N) is 1.